The zero-order valence-electron chi connectivity index (χ0n) is 7.78. The SMILES string of the molecule is ClCc1nc(Cc2ccccc2Cl)no1. The molecule has 0 saturated carbocycles. The van der Waals surface area contributed by atoms with Gasteiger partial charge in [0.2, 0.25) is 5.89 Å². The summed E-state index contributed by atoms with van der Waals surface area (Å²) < 4.78 is 4.89. The topological polar surface area (TPSA) is 38.9 Å². The second-order valence-corrected chi connectivity index (χ2v) is 3.68. The van der Waals surface area contributed by atoms with Gasteiger partial charge >= 0.3 is 0 Å². The van der Waals surface area contributed by atoms with Gasteiger partial charge in [-0.05, 0) is 11.6 Å². The first-order valence-electron chi connectivity index (χ1n) is 4.40. The molecule has 0 aliphatic heterocycles. The van der Waals surface area contributed by atoms with E-state index in [2.05, 4.69) is 10.1 Å². The summed E-state index contributed by atoms with van der Waals surface area (Å²) in [6.07, 6.45) is 0.556. The van der Waals surface area contributed by atoms with Gasteiger partial charge in [-0.3, -0.25) is 0 Å². The number of aromatic nitrogens is 2. The van der Waals surface area contributed by atoms with E-state index in [-0.39, 0.29) is 5.88 Å². The Bertz CT molecular complexity index is 456. The molecule has 2 aromatic rings. The molecule has 0 fully saturated rings. The van der Waals surface area contributed by atoms with E-state index < -0.39 is 0 Å². The van der Waals surface area contributed by atoms with Crippen molar-refractivity contribution in [1.29, 1.82) is 0 Å². The summed E-state index contributed by atoms with van der Waals surface area (Å²) >= 11 is 11.6. The van der Waals surface area contributed by atoms with Crippen molar-refractivity contribution in [3.8, 4) is 0 Å². The van der Waals surface area contributed by atoms with Crippen molar-refractivity contribution >= 4 is 23.2 Å². The molecule has 1 aromatic carbocycles. The number of nitrogens with zero attached hydrogens (tertiary/aromatic N) is 2. The van der Waals surface area contributed by atoms with Crippen LogP contribution in [0.25, 0.3) is 0 Å². The highest BCUT2D eigenvalue weighted by molar-refractivity contribution is 6.31. The molecule has 78 valence electrons. The maximum atomic E-state index is 6.00. The van der Waals surface area contributed by atoms with Crippen molar-refractivity contribution in [2.75, 3.05) is 0 Å². The molecule has 0 bridgehead atoms. The molecule has 0 amide bonds. The Morgan fingerprint density at radius 3 is 2.73 bits per heavy atom. The molecular formula is C10H8Cl2N2O. The first-order valence-corrected chi connectivity index (χ1v) is 5.31. The molecule has 1 heterocycles. The van der Waals surface area contributed by atoms with Gasteiger partial charge in [0.05, 0.1) is 0 Å². The van der Waals surface area contributed by atoms with Crippen LogP contribution in [-0.2, 0) is 12.3 Å². The van der Waals surface area contributed by atoms with Crippen molar-refractivity contribution in [1.82, 2.24) is 10.1 Å². The summed E-state index contributed by atoms with van der Waals surface area (Å²) in [6.45, 7) is 0. The summed E-state index contributed by atoms with van der Waals surface area (Å²) in [5.41, 5.74) is 0.973. The Balaban J connectivity index is 2.18. The number of hydrogen-bond donors (Lipinski definition) is 0. The third-order valence-corrected chi connectivity index (χ3v) is 2.53. The number of hydrogen-bond acceptors (Lipinski definition) is 3. The van der Waals surface area contributed by atoms with Gasteiger partial charge in [0, 0.05) is 11.4 Å². The second-order valence-electron chi connectivity index (χ2n) is 3.01. The molecule has 0 atom stereocenters. The second kappa shape index (κ2) is 4.64. The third-order valence-electron chi connectivity index (χ3n) is 1.93. The van der Waals surface area contributed by atoms with E-state index in [1.54, 1.807) is 0 Å². The molecule has 5 heteroatoms. The van der Waals surface area contributed by atoms with Crippen LogP contribution >= 0.6 is 23.2 Å². The van der Waals surface area contributed by atoms with E-state index in [1.165, 1.54) is 0 Å². The van der Waals surface area contributed by atoms with E-state index in [0.29, 0.717) is 23.2 Å². The summed E-state index contributed by atoms with van der Waals surface area (Å²) in [5.74, 6) is 1.26. The standard InChI is InChI=1S/C10H8Cl2N2O/c11-6-10-13-9(14-15-10)5-7-3-1-2-4-8(7)12/h1-4H,5-6H2. The molecule has 2 rings (SSSR count). The van der Waals surface area contributed by atoms with Crippen molar-refractivity contribution in [3.63, 3.8) is 0 Å². The van der Waals surface area contributed by atoms with Crippen LogP contribution in [0.4, 0.5) is 0 Å². The molecule has 0 N–H and O–H groups in total. The van der Waals surface area contributed by atoms with Gasteiger partial charge in [0.25, 0.3) is 0 Å². The highest BCUT2D eigenvalue weighted by Gasteiger charge is 2.07. The van der Waals surface area contributed by atoms with Crippen LogP contribution < -0.4 is 0 Å². The smallest absolute Gasteiger partial charge is 0.241 e. The summed E-state index contributed by atoms with van der Waals surface area (Å²) in [5, 5.41) is 4.50. The minimum absolute atomic E-state index is 0.232. The van der Waals surface area contributed by atoms with Crippen LogP contribution in [0.1, 0.15) is 17.3 Å². The normalized spacial score (nSPS) is 10.5. The van der Waals surface area contributed by atoms with Crippen molar-refractivity contribution in [2.45, 2.75) is 12.3 Å². The fourth-order valence-corrected chi connectivity index (χ4v) is 1.54. The highest BCUT2D eigenvalue weighted by Crippen LogP contribution is 2.17. The zero-order valence-corrected chi connectivity index (χ0v) is 9.29. The Labute approximate surface area is 97.0 Å². The zero-order chi connectivity index (χ0) is 10.7. The Morgan fingerprint density at radius 2 is 2.07 bits per heavy atom. The molecule has 0 saturated heterocycles. The van der Waals surface area contributed by atoms with Gasteiger partial charge in [-0.1, -0.05) is 35.0 Å². The van der Waals surface area contributed by atoms with Crippen LogP contribution in [0.15, 0.2) is 28.8 Å². The number of alkyl halides is 1. The average Bonchev–Trinajstić information content (AvgIpc) is 2.69. The molecule has 0 radical (unpaired) electrons. The third kappa shape index (κ3) is 2.49. The molecule has 15 heavy (non-hydrogen) atoms. The monoisotopic (exact) mass is 242 g/mol. The molecule has 1 aromatic heterocycles. The van der Waals surface area contributed by atoms with E-state index >= 15 is 0 Å². The molecule has 0 spiro atoms. The Morgan fingerprint density at radius 1 is 1.27 bits per heavy atom. The van der Waals surface area contributed by atoms with Crippen molar-refractivity contribution < 1.29 is 4.52 Å². The van der Waals surface area contributed by atoms with E-state index in [0.717, 1.165) is 5.56 Å². The lowest BCUT2D eigenvalue weighted by Crippen LogP contribution is -1.91. The maximum absolute atomic E-state index is 6.00. The molecule has 0 aliphatic carbocycles. The molecule has 0 unspecified atom stereocenters. The van der Waals surface area contributed by atoms with Crippen molar-refractivity contribution in [2.24, 2.45) is 0 Å². The molecule has 3 nitrogen and oxygen atoms in total. The van der Waals surface area contributed by atoms with E-state index in [4.69, 9.17) is 27.7 Å². The Kier molecular flexibility index (Phi) is 3.23. The first kappa shape index (κ1) is 10.5. The van der Waals surface area contributed by atoms with Crippen LogP contribution in [0.2, 0.25) is 5.02 Å². The van der Waals surface area contributed by atoms with Crippen LogP contribution in [0.3, 0.4) is 0 Å². The fourth-order valence-electron chi connectivity index (χ4n) is 1.23. The predicted octanol–water partition coefficient (Wildman–Crippen LogP) is 3.05. The van der Waals surface area contributed by atoms with E-state index in [9.17, 15) is 0 Å². The molecular weight excluding hydrogens is 235 g/mol. The van der Waals surface area contributed by atoms with E-state index in [1.807, 2.05) is 24.3 Å². The number of halogens is 2. The van der Waals surface area contributed by atoms with Gasteiger partial charge in [0.15, 0.2) is 5.82 Å². The minimum atomic E-state index is 0.232. The van der Waals surface area contributed by atoms with Gasteiger partial charge in [-0.25, -0.2) is 0 Å². The first-order chi connectivity index (χ1) is 7.29. The van der Waals surface area contributed by atoms with Gasteiger partial charge in [-0.2, -0.15) is 4.98 Å². The van der Waals surface area contributed by atoms with Crippen LogP contribution in [0, 0.1) is 0 Å². The quantitative estimate of drug-likeness (QED) is 0.777. The number of benzene rings is 1. The minimum Gasteiger partial charge on any atom is -0.338 e. The lowest BCUT2D eigenvalue weighted by Gasteiger charge is -1.98. The maximum Gasteiger partial charge on any atom is 0.241 e. The molecule has 0 aliphatic rings. The lowest BCUT2D eigenvalue weighted by molar-refractivity contribution is 0.385. The Hall–Kier alpha value is -1.06. The highest BCUT2D eigenvalue weighted by atomic mass is 35.5. The fraction of sp³-hybridized carbons (Fsp3) is 0.200. The van der Waals surface area contributed by atoms with Gasteiger partial charge in [0.1, 0.15) is 5.88 Å². The average molecular weight is 243 g/mol. The lowest BCUT2D eigenvalue weighted by atomic mass is 10.1. The van der Waals surface area contributed by atoms with Crippen LogP contribution in [0.5, 0.6) is 0 Å². The summed E-state index contributed by atoms with van der Waals surface area (Å²) in [4.78, 5) is 4.10. The predicted molar refractivity (Wildman–Crippen MR) is 58.1 cm³/mol. The number of rotatable bonds is 3. The van der Waals surface area contributed by atoms with Crippen LogP contribution in [-0.4, -0.2) is 10.1 Å². The van der Waals surface area contributed by atoms with Crippen molar-refractivity contribution in [3.05, 3.63) is 46.6 Å². The summed E-state index contributed by atoms with van der Waals surface area (Å²) in [7, 11) is 0. The van der Waals surface area contributed by atoms with Gasteiger partial charge < -0.3 is 4.52 Å². The largest absolute Gasteiger partial charge is 0.338 e. The van der Waals surface area contributed by atoms with Gasteiger partial charge in [-0.15, -0.1) is 11.6 Å². The summed E-state index contributed by atoms with van der Waals surface area (Å²) in [6, 6.07) is 7.56.